The zero-order valence-electron chi connectivity index (χ0n) is 14.8. The van der Waals surface area contributed by atoms with Crippen LogP contribution in [0.15, 0.2) is 48.5 Å². The van der Waals surface area contributed by atoms with Crippen LogP contribution in [0.3, 0.4) is 0 Å². The van der Waals surface area contributed by atoms with Crippen LogP contribution in [0.4, 0.5) is 5.69 Å². The summed E-state index contributed by atoms with van der Waals surface area (Å²) in [6, 6.07) is 14.5. The molecule has 2 aromatic rings. The summed E-state index contributed by atoms with van der Waals surface area (Å²) in [5.74, 6) is -0.255. The van der Waals surface area contributed by atoms with Gasteiger partial charge in [0.15, 0.2) is 0 Å². The minimum atomic E-state index is -0.815. The van der Waals surface area contributed by atoms with Crippen molar-refractivity contribution in [2.24, 2.45) is 11.8 Å². The minimum absolute atomic E-state index is 0.219. The fourth-order valence-corrected chi connectivity index (χ4v) is 2.64. The molecule has 1 saturated carbocycles. The van der Waals surface area contributed by atoms with E-state index < -0.39 is 11.9 Å². The molecule has 1 amide bonds. The summed E-state index contributed by atoms with van der Waals surface area (Å²) >= 11 is 0. The molecule has 1 atom stereocenters. The highest BCUT2D eigenvalue weighted by atomic mass is 16.5. The molecule has 136 valence electrons. The number of rotatable bonds is 8. The van der Waals surface area contributed by atoms with Crippen LogP contribution in [-0.4, -0.2) is 23.6 Å². The Morgan fingerprint density at radius 3 is 2.50 bits per heavy atom. The highest BCUT2D eigenvalue weighted by Crippen LogP contribution is 2.30. The molecule has 5 nitrogen and oxygen atoms in total. The molecule has 1 aliphatic rings. The number of aliphatic carboxylic acids is 1. The number of carboxylic acid groups (broad SMARTS) is 1. The predicted octanol–water partition coefficient (Wildman–Crippen LogP) is 3.99. The first-order valence-electron chi connectivity index (χ1n) is 8.88. The first kappa shape index (κ1) is 18.0. The number of carboxylic acids is 1. The summed E-state index contributed by atoms with van der Waals surface area (Å²) in [4.78, 5) is 23.5. The van der Waals surface area contributed by atoms with Crippen LogP contribution in [0.5, 0.6) is 5.75 Å². The third kappa shape index (κ3) is 4.85. The molecule has 1 aliphatic carbocycles. The van der Waals surface area contributed by atoms with Gasteiger partial charge in [-0.15, -0.1) is 0 Å². The Balaban J connectivity index is 1.63. The molecule has 26 heavy (non-hydrogen) atoms. The summed E-state index contributed by atoms with van der Waals surface area (Å²) in [6.45, 7) is 2.33. The van der Waals surface area contributed by atoms with Gasteiger partial charge in [0.25, 0.3) is 5.91 Å². The van der Waals surface area contributed by atoms with E-state index in [9.17, 15) is 9.59 Å². The number of carbonyl (C=O) groups excluding carboxylic acids is 1. The molecule has 2 aromatic carbocycles. The standard InChI is InChI=1S/C21H23NO4/c1-14(21(24)25)12-15-8-10-17(11-9-15)22-20(23)18-4-2-3-5-19(18)26-13-16-6-7-16/h2-5,8-11,14,16H,6-7,12-13H2,1H3,(H,22,23)(H,24,25). The molecule has 1 fully saturated rings. The molecular formula is C21H23NO4. The molecule has 3 rings (SSSR count). The van der Waals surface area contributed by atoms with Gasteiger partial charge in [-0.05, 0) is 55.0 Å². The lowest BCUT2D eigenvalue weighted by Crippen LogP contribution is -2.14. The van der Waals surface area contributed by atoms with E-state index in [1.54, 1.807) is 25.1 Å². The van der Waals surface area contributed by atoms with Crippen molar-refractivity contribution in [2.45, 2.75) is 26.2 Å². The molecule has 0 bridgehead atoms. The molecule has 2 N–H and O–H groups in total. The van der Waals surface area contributed by atoms with E-state index in [4.69, 9.17) is 9.84 Å². The normalized spacial score (nSPS) is 14.5. The van der Waals surface area contributed by atoms with Crippen molar-refractivity contribution in [3.8, 4) is 5.75 Å². The first-order chi connectivity index (χ1) is 12.5. The van der Waals surface area contributed by atoms with Crippen molar-refractivity contribution >= 4 is 17.6 Å². The number of para-hydroxylation sites is 1. The average Bonchev–Trinajstić information content (AvgIpc) is 3.46. The van der Waals surface area contributed by atoms with Crippen LogP contribution in [0.2, 0.25) is 0 Å². The number of amides is 1. The Bertz CT molecular complexity index is 781. The highest BCUT2D eigenvalue weighted by Gasteiger charge is 2.23. The number of carbonyl (C=O) groups is 2. The Morgan fingerprint density at radius 1 is 1.15 bits per heavy atom. The Morgan fingerprint density at radius 2 is 1.85 bits per heavy atom. The third-order valence-electron chi connectivity index (χ3n) is 4.48. The highest BCUT2D eigenvalue weighted by molar-refractivity contribution is 6.06. The van der Waals surface area contributed by atoms with Crippen molar-refractivity contribution in [3.05, 3.63) is 59.7 Å². The van der Waals surface area contributed by atoms with Gasteiger partial charge in [0.05, 0.1) is 18.1 Å². The molecule has 0 spiro atoms. The molecule has 1 unspecified atom stereocenters. The zero-order chi connectivity index (χ0) is 18.5. The Hall–Kier alpha value is -2.82. The molecule has 0 aromatic heterocycles. The fourth-order valence-electron chi connectivity index (χ4n) is 2.64. The van der Waals surface area contributed by atoms with Gasteiger partial charge in [0.1, 0.15) is 5.75 Å². The number of hydrogen-bond donors (Lipinski definition) is 2. The second-order valence-corrected chi connectivity index (χ2v) is 6.84. The van der Waals surface area contributed by atoms with Crippen LogP contribution in [0.1, 0.15) is 35.7 Å². The van der Waals surface area contributed by atoms with Crippen molar-refractivity contribution in [1.29, 1.82) is 0 Å². The van der Waals surface area contributed by atoms with E-state index in [0.29, 0.717) is 35.9 Å². The maximum Gasteiger partial charge on any atom is 0.306 e. The Labute approximate surface area is 153 Å². The molecular weight excluding hydrogens is 330 g/mol. The monoisotopic (exact) mass is 353 g/mol. The SMILES string of the molecule is CC(Cc1ccc(NC(=O)c2ccccc2OCC2CC2)cc1)C(=O)O. The number of nitrogens with one attached hydrogen (secondary N) is 1. The van der Waals surface area contributed by atoms with E-state index in [0.717, 1.165) is 5.56 Å². The van der Waals surface area contributed by atoms with Gasteiger partial charge >= 0.3 is 5.97 Å². The molecule has 0 heterocycles. The lowest BCUT2D eigenvalue weighted by Gasteiger charge is -2.12. The predicted molar refractivity (Wildman–Crippen MR) is 99.6 cm³/mol. The largest absolute Gasteiger partial charge is 0.492 e. The van der Waals surface area contributed by atoms with E-state index in [-0.39, 0.29) is 5.91 Å². The van der Waals surface area contributed by atoms with Crippen LogP contribution in [-0.2, 0) is 11.2 Å². The van der Waals surface area contributed by atoms with Crippen LogP contribution >= 0.6 is 0 Å². The lowest BCUT2D eigenvalue weighted by atomic mass is 10.0. The average molecular weight is 353 g/mol. The summed E-state index contributed by atoms with van der Waals surface area (Å²) < 4.78 is 5.79. The molecule has 0 aliphatic heterocycles. The minimum Gasteiger partial charge on any atom is -0.492 e. The second kappa shape index (κ2) is 8.04. The second-order valence-electron chi connectivity index (χ2n) is 6.84. The summed E-state index contributed by atoms with van der Waals surface area (Å²) in [6.07, 6.45) is 2.85. The number of benzene rings is 2. The van der Waals surface area contributed by atoms with E-state index in [1.807, 2.05) is 30.3 Å². The quantitative estimate of drug-likeness (QED) is 0.752. The van der Waals surface area contributed by atoms with E-state index in [1.165, 1.54) is 12.8 Å². The molecule has 0 radical (unpaired) electrons. The van der Waals surface area contributed by atoms with Gasteiger partial charge in [-0.3, -0.25) is 9.59 Å². The van der Waals surface area contributed by atoms with Crippen LogP contribution < -0.4 is 10.1 Å². The summed E-state index contributed by atoms with van der Waals surface area (Å²) in [7, 11) is 0. The van der Waals surface area contributed by atoms with Gasteiger partial charge < -0.3 is 15.2 Å². The lowest BCUT2D eigenvalue weighted by molar-refractivity contribution is -0.141. The maximum absolute atomic E-state index is 12.6. The third-order valence-corrected chi connectivity index (χ3v) is 4.48. The fraction of sp³-hybridized carbons (Fsp3) is 0.333. The van der Waals surface area contributed by atoms with Gasteiger partial charge in [-0.1, -0.05) is 31.2 Å². The van der Waals surface area contributed by atoms with Crippen molar-refractivity contribution < 1.29 is 19.4 Å². The van der Waals surface area contributed by atoms with Crippen molar-refractivity contribution in [1.82, 2.24) is 0 Å². The van der Waals surface area contributed by atoms with Crippen LogP contribution in [0, 0.1) is 11.8 Å². The first-order valence-corrected chi connectivity index (χ1v) is 8.88. The van der Waals surface area contributed by atoms with Gasteiger partial charge in [0.2, 0.25) is 0 Å². The maximum atomic E-state index is 12.6. The molecule has 5 heteroatoms. The summed E-state index contributed by atoms with van der Waals surface area (Å²) in [5, 5.41) is 11.9. The van der Waals surface area contributed by atoms with Gasteiger partial charge in [0, 0.05) is 5.69 Å². The van der Waals surface area contributed by atoms with E-state index >= 15 is 0 Å². The smallest absolute Gasteiger partial charge is 0.306 e. The number of anilines is 1. The Kier molecular flexibility index (Phi) is 5.56. The van der Waals surface area contributed by atoms with Crippen molar-refractivity contribution in [3.63, 3.8) is 0 Å². The zero-order valence-corrected chi connectivity index (χ0v) is 14.8. The number of ether oxygens (including phenoxy) is 1. The van der Waals surface area contributed by atoms with Crippen molar-refractivity contribution in [2.75, 3.05) is 11.9 Å². The summed E-state index contributed by atoms with van der Waals surface area (Å²) in [5.41, 5.74) is 2.10. The van der Waals surface area contributed by atoms with Gasteiger partial charge in [-0.2, -0.15) is 0 Å². The topological polar surface area (TPSA) is 75.6 Å². The van der Waals surface area contributed by atoms with E-state index in [2.05, 4.69) is 5.32 Å². The van der Waals surface area contributed by atoms with Gasteiger partial charge in [-0.25, -0.2) is 0 Å². The number of hydrogen-bond acceptors (Lipinski definition) is 3. The van der Waals surface area contributed by atoms with Crippen LogP contribution in [0.25, 0.3) is 0 Å². The molecule has 0 saturated heterocycles.